The van der Waals surface area contributed by atoms with Crippen molar-refractivity contribution in [2.45, 2.75) is 64.0 Å². The van der Waals surface area contributed by atoms with Crippen molar-refractivity contribution in [2.24, 2.45) is 5.92 Å². The molecule has 2 aliphatic carbocycles. The first-order valence-corrected chi connectivity index (χ1v) is 7.83. The molecule has 0 heterocycles. The average molecular weight is 254 g/mol. The SMILES string of the molecule is CCNC1(CO)CCCC(N(CC)CC2CC2)C1. The summed E-state index contributed by atoms with van der Waals surface area (Å²) in [6, 6.07) is 0.676. The molecule has 2 aliphatic rings. The van der Waals surface area contributed by atoms with Crippen LogP contribution in [0.25, 0.3) is 0 Å². The van der Waals surface area contributed by atoms with Gasteiger partial charge in [0.2, 0.25) is 0 Å². The maximum atomic E-state index is 9.76. The lowest BCUT2D eigenvalue weighted by Crippen LogP contribution is -2.56. The van der Waals surface area contributed by atoms with Gasteiger partial charge in [-0.1, -0.05) is 13.8 Å². The van der Waals surface area contributed by atoms with E-state index >= 15 is 0 Å². The van der Waals surface area contributed by atoms with Crippen LogP contribution in [0.3, 0.4) is 0 Å². The van der Waals surface area contributed by atoms with Crippen LogP contribution in [0.15, 0.2) is 0 Å². The van der Waals surface area contributed by atoms with E-state index in [-0.39, 0.29) is 5.54 Å². The molecule has 2 unspecified atom stereocenters. The van der Waals surface area contributed by atoms with Gasteiger partial charge in [-0.15, -0.1) is 0 Å². The molecule has 0 aromatic rings. The summed E-state index contributed by atoms with van der Waals surface area (Å²) in [5, 5.41) is 13.3. The van der Waals surface area contributed by atoms with Gasteiger partial charge in [0.25, 0.3) is 0 Å². The first-order chi connectivity index (χ1) is 8.73. The van der Waals surface area contributed by atoms with E-state index in [2.05, 4.69) is 24.1 Å². The van der Waals surface area contributed by atoms with E-state index in [0.29, 0.717) is 12.6 Å². The second-order valence-electron chi connectivity index (χ2n) is 6.25. The van der Waals surface area contributed by atoms with Crippen molar-refractivity contribution < 1.29 is 5.11 Å². The fourth-order valence-corrected chi connectivity index (χ4v) is 3.55. The molecule has 2 fully saturated rings. The van der Waals surface area contributed by atoms with Crippen LogP contribution in [0, 0.1) is 5.92 Å². The monoisotopic (exact) mass is 254 g/mol. The van der Waals surface area contributed by atoms with E-state index in [1.54, 1.807) is 0 Å². The molecule has 2 saturated carbocycles. The van der Waals surface area contributed by atoms with Crippen LogP contribution in [-0.4, -0.2) is 47.8 Å². The summed E-state index contributed by atoms with van der Waals surface area (Å²) in [6.07, 6.45) is 7.68. The minimum Gasteiger partial charge on any atom is -0.394 e. The van der Waals surface area contributed by atoms with Gasteiger partial charge in [0.15, 0.2) is 0 Å². The van der Waals surface area contributed by atoms with Gasteiger partial charge < -0.3 is 15.3 Å². The standard InChI is InChI=1S/C15H30N2O/c1-3-16-15(12-18)9-5-6-14(10-15)17(4-2)11-13-7-8-13/h13-14,16,18H,3-12H2,1-2H3. The van der Waals surface area contributed by atoms with Crippen molar-refractivity contribution in [1.82, 2.24) is 10.2 Å². The second kappa shape index (κ2) is 6.36. The van der Waals surface area contributed by atoms with E-state index in [1.807, 2.05) is 0 Å². The van der Waals surface area contributed by atoms with Crippen molar-refractivity contribution >= 4 is 0 Å². The molecular formula is C15H30N2O. The molecule has 0 radical (unpaired) electrons. The van der Waals surface area contributed by atoms with Crippen molar-refractivity contribution in [3.63, 3.8) is 0 Å². The minimum atomic E-state index is -0.00532. The normalized spacial score (nSPS) is 33.0. The molecule has 18 heavy (non-hydrogen) atoms. The van der Waals surface area contributed by atoms with Crippen LogP contribution in [0.2, 0.25) is 0 Å². The Labute approximate surface area is 112 Å². The van der Waals surface area contributed by atoms with Crippen LogP contribution in [0.1, 0.15) is 52.4 Å². The lowest BCUT2D eigenvalue weighted by atomic mass is 9.78. The molecule has 0 spiro atoms. The predicted octanol–water partition coefficient (Wildman–Crippen LogP) is 2.00. The van der Waals surface area contributed by atoms with Gasteiger partial charge >= 0.3 is 0 Å². The zero-order valence-corrected chi connectivity index (χ0v) is 12.1. The number of rotatable bonds is 7. The largest absolute Gasteiger partial charge is 0.394 e. The molecule has 3 nitrogen and oxygen atoms in total. The zero-order chi connectivity index (χ0) is 13.0. The number of likely N-dealkylation sites (N-methyl/N-ethyl adjacent to an activating group) is 1. The topological polar surface area (TPSA) is 35.5 Å². The van der Waals surface area contributed by atoms with E-state index in [0.717, 1.165) is 31.8 Å². The van der Waals surface area contributed by atoms with Gasteiger partial charge in [0.1, 0.15) is 0 Å². The summed E-state index contributed by atoms with van der Waals surface area (Å²) < 4.78 is 0. The number of aliphatic hydroxyl groups is 1. The molecule has 0 aromatic carbocycles. The summed E-state index contributed by atoms with van der Waals surface area (Å²) in [5.41, 5.74) is -0.00532. The Bertz CT molecular complexity index is 251. The predicted molar refractivity (Wildman–Crippen MR) is 75.7 cm³/mol. The van der Waals surface area contributed by atoms with E-state index < -0.39 is 0 Å². The third-order valence-electron chi connectivity index (χ3n) is 4.79. The zero-order valence-electron chi connectivity index (χ0n) is 12.1. The first-order valence-electron chi connectivity index (χ1n) is 7.83. The van der Waals surface area contributed by atoms with Gasteiger partial charge in [-0.2, -0.15) is 0 Å². The number of nitrogens with zero attached hydrogens (tertiary/aromatic N) is 1. The molecule has 2 atom stereocenters. The van der Waals surface area contributed by atoms with Crippen LogP contribution in [0.5, 0.6) is 0 Å². The number of nitrogens with one attached hydrogen (secondary N) is 1. The molecule has 106 valence electrons. The molecule has 3 heteroatoms. The number of aliphatic hydroxyl groups excluding tert-OH is 1. The molecule has 2 rings (SSSR count). The maximum absolute atomic E-state index is 9.76. The second-order valence-corrected chi connectivity index (χ2v) is 6.25. The highest BCUT2D eigenvalue weighted by Crippen LogP contribution is 2.35. The molecule has 0 saturated heterocycles. The Hall–Kier alpha value is -0.120. The van der Waals surface area contributed by atoms with E-state index in [9.17, 15) is 5.11 Å². The summed E-state index contributed by atoms with van der Waals surface area (Å²) >= 11 is 0. The molecule has 0 amide bonds. The molecular weight excluding hydrogens is 224 g/mol. The van der Waals surface area contributed by atoms with Gasteiger partial charge in [-0.05, 0) is 57.5 Å². The third kappa shape index (κ3) is 3.46. The molecule has 0 aromatic heterocycles. The highest BCUT2D eigenvalue weighted by molar-refractivity contribution is 4.96. The number of hydrogen-bond donors (Lipinski definition) is 2. The van der Waals surface area contributed by atoms with Crippen molar-refractivity contribution in [2.75, 3.05) is 26.2 Å². The van der Waals surface area contributed by atoms with E-state index in [1.165, 1.54) is 32.2 Å². The Morgan fingerprint density at radius 2 is 2.06 bits per heavy atom. The van der Waals surface area contributed by atoms with Crippen LogP contribution in [-0.2, 0) is 0 Å². The Morgan fingerprint density at radius 1 is 1.28 bits per heavy atom. The maximum Gasteiger partial charge on any atom is 0.0613 e. The molecule has 2 N–H and O–H groups in total. The van der Waals surface area contributed by atoms with Crippen LogP contribution in [0.4, 0.5) is 0 Å². The van der Waals surface area contributed by atoms with Crippen LogP contribution < -0.4 is 5.32 Å². The Kier molecular flexibility index (Phi) is 5.05. The fourth-order valence-electron chi connectivity index (χ4n) is 3.55. The minimum absolute atomic E-state index is 0.00532. The first kappa shape index (κ1) is 14.3. The molecule has 0 bridgehead atoms. The highest BCUT2D eigenvalue weighted by atomic mass is 16.3. The quantitative estimate of drug-likeness (QED) is 0.729. The molecule has 0 aliphatic heterocycles. The van der Waals surface area contributed by atoms with Crippen molar-refractivity contribution in [3.8, 4) is 0 Å². The lowest BCUT2D eigenvalue weighted by Gasteiger charge is -2.44. The summed E-state index contributed by atoms with van der Waals surface area (Å²) in [7, 11) is 0. The average Bonchev–Trinajstić information content (AvgIpc) is 3.20. The highest BCUT2D eigenvalue weighted by Gasteiger charge is 2.38. The third-order valence-corrected chi connectivity index (χ3v) is 4.79. The Balaban J connectivity index is 1.94. The van der Waals surface area contributed by atoms with Gasteiger partial charge in [-0.3, -0.25) is 0 Å². The van der Waals surface area contributed by atoms with Gasteiger partial charge in [0.05, 0.1) is 6.61 Å². The van der Waals surface area contributed by atoms with Gasteiger partial charge in [0, 0.05) is 18.1 Å². The lowest BCUT2D eigenvalue weighted by molar-refractivity contribution is 0.0603. The fraction of sp³-hybridized carbons (Fsp3) is 1.00. The van der Waals surface area contributed by atoms with Crippen molar-refractivity contribution in [3.05, 3.63) is 0 Å². The Morgan fingerprint density at radius 3 is 2.61 bits per heavy atom. The van der Waals surface area contributed by atoms with Crippen molar-refractivity contribution in [1.29, 1.82) is 0 Å². The number of hydrogen-bond acceptors (Lipinski definition) is 3. The smallest absolute Gasteiger partial charge is 0.0613 e. The van der Waals surface area contributed by atoms with E-state index in [4.69, 9.17) is 0 Å². The summed E-state index contributed by atoms with van der Waals surface area (Å²) in [6.45, 7) is 8.12. The summed E-state index contributed by atoms with van der Waals surface area (Å²) in [5.74, 6) is 0.967. The van der Waals surface area contributed by atoms with Crippen LogP contribution >= 0.6 is 0 Å². The summed E-state index contributed by atoms with van der Waals surface area (Å²) in [4.78, 5) is 2.67. The van der Waals surface area contributed by atoms with Gasteiger partial charge in [-0.25, -0.2) is 0 Å².